The fourth-order valence-corrected chi connectivity index (χ4v) is 4.07. The molecule has 0 aliphatic carbocycles. The van der Waals surface area contributed by atoms with Gasteiger partial charge < -0.3 is 15.1 Å². The summed E-state index contributed by atoms with van der Waals surface area (Å²) in [6.45, 7) is 6.02. The molecule has 1 atom stereocenters. The van der Waals surface area contributed by atoms with Crippen LogP contribution < -0.4 is 10.2 Å². The van der Waals surface area contributed by atoms with Crippen LogP contribution in [0.3, 0.4) is 0 Å². The van der Waals surface area contributed by atoms with E-state index >= 15 is 0 Å². The van der Waals surface area contributed by atoms with Gasteiger partial charge in [0, 0.05) is 37.6 Å². The first kappa shape index (κ1) is 20.4. The lowest BCUT2D eigenvalue weighted by atomic mass is 10.2. The molecule has 1 saturated heterocycles. The van der Waals surface area contributed by atoms with Gasteiger partial charge in [-0.1, -0.05) is 30.0 Å². The molecule has 3 aromatic rings. The van der Waals surface area contributed by atoms with E-state index in [4.69, 9.17) is 0 Å². The van der Waals surface area contributed by atoms with Gasteiger partial charge in [-0.05, 0) is 60.8 Å². The number of piperazine rings is 1. The second kappa shape index (κ2) is 9.27. The molecule has 1 fully saturated rings. The van der Waals surface area contributed by atoms with Crippen LogP contribution in [0.25, 0.3) is 5.69 Å². The van der Waals surface area contributed by atoms with Gasteiger partial charge >= 0.3 is 0 Å². The maximum absolute atomic E-state index is 12.7. The number of tetrazole rings is 1. The monoisotopic (exact) mass is 423 g/mol. The highest BCUT2D eigenvalue weighted by Gasteiger charge is 2.20. The van der Waals surface area contributed by atoms with Crippen LogP contribution in [0.4, 0.5) is 11.4 Å². The molecule has 0 saturated carbocycles. The largest absolute Gasteiger partial charge is 0.369 e. The van der Waals surface area contributed by atoms with Crippen LogP contribution in [0.2, 0.25) is 0 Å². The van der Waals surface area contributed by atoms with Gasteiger partial charge in [0.25, 0.3) is 0 Å². The normalized spacial score (nSPS) is 15.7. The summed E-state index contributed by atoms with van der Waals surface area (Å²) in [7, 11) is 2.15. The Kier molecular flexibility index (Phi) is 6.29. The number of hydrogen-bond donors (Lipinski definition) is 1. The van der Waals surface area contributed by atoms with Crippen LogP contribution in [0.5, 0.6) is 0 Å². The quantitative estimate of drug-likeness (QED) is 0.611. The van der Waals surface area contributed by atoms with Crippen LogP contribution in [0.1, 0.15) is 6.92 Å². The topological polar surface area (TPSA) is 79.2 Å². The number of hydrogen-bond acceptors (Lipinski definition) is 7. The fourth-order valence-electron chi connectivity index (χ4n) is 3.26. The van der Waals surface area contributed by atoms with E-state index in [1.807, 2.05) is 49.4 Å². The van der Waals surface area contributed by atoms with Crippen molar-refractivity contribution in [2.24, 2.45) is 0 Å². The van der Waals surface area contributed by atoms with Crippen molar-refractivity contribution in [2.45, 2.75) is 17.3 Å². The average Bonchev–Trinajstić information content (AvgIpc) is 3.23. The fraction of sp³-hybridized carbons (Fsp3) is 0.333. The lowest BCUT2D eigenvalue weighted by molar-refractivity contribution is -0.115. The second-order valence-corrected chi connectivity index (χ2v) is 8.60. The van der Waals surface area contributed by atoms with Gasteiger partial charge in [0.15, 0.2) is 0 Å². The molecule has 2 aromatic carbocycles. The van der Waals surface area contributed by atoms with E-state index < -0.39 is 0 Å². The van der Waals surface area contributed by atoms with Gasteiger partial charge in [-0.2, -0.15) is 4.68 Å². The number of carbonyl (C=O) groups excluding carboxylic acids is 1. The van der Waals surface area contributed by atoms with Crippen molar-refractivity contribution in [1.29, 1.82) is 0 Å². The van der Waals surface area contributed by atoms with Crippen molar-refractivity contribution < 1.29 is 4.79 Å². The molecule has 1 amide bonds. The van der Waals surface area contributed by atoms with Crippen LogP contribution in [0, 0.1) is 0 Å². The first-order valence-corrected chi connectivity index (χ1v) is 10.8. The van der Waals surface area contributed by atoms with E-state index in [9.17, 15) is 4.79 Å². The van der Waals surface area contributed by atoms with Gasteiger partial charge in [0.1, 0.15) is 0 Å². The molecule has 30 heavy (non-hydrogen) atoms. The number of carbonyl (C=O) groups is 1. The maximum Gasteiger partial charge on any atom is 0.237 e. The zero-order valence-corrected chi connectivity index (χ0v) is 17.9. The van der Waals surface area contributed by atoms with E-state index in [2.05, 4.69) is 49.8 Å². The van der Waals surface area contributed by atoms with Gasteiger partial charge in [-0.3, -0.25) is 4.79 Å². The van der Waals surface area contributed by atoms with Crippen LogP contribution in [-0.2, 0) is 4.79 Å². The third-order valence-corrected chi connectivity index (χ3v) is 6.13. The summed E-state index contributed by atoms with van der Waals surface area (Å²) >= 11 is 1.33. The van der Waals surface area contributed by atoms with Gasteiger partial charge in [-0.15, -0.1) is 5.10 Å². The third kappa shape index (κ3) is 4.80. The Morgan fingerprint density at radius 1 is 1.00 bits per heavy atom. The molecule has 0 unspecified atom stereocenters. The Morgan fingerprint density at radius 3 is 2.40 bits per heavy atom. The van der Waals surface area contributed by atoms with Crippen LogP contribution in [-0.4, -0.2) is 69.5 Å². The molecule has 0 radical (unpaired) electrons. The smallest absolute Gasteiger partial charge is 0.237 e. The molecule has 1 N–H and O–H groups in total. The molecule has 156 valence electrons. The molecule has 4 rings (SSSR count). The minimum atomic E-state index is -0.351. The van der Waals surface area contributed by atoms with Crippen molar-refractivity contribution >= 4 is 29.0 Å². The predicted octanol–water partition coefficient (Wildman–Crippen LogP) is 2.53. The number of aromatic nitrogens is 4. The summed E-state index contributed by atoms with van der Waals surface area (Å²) in [4.78, 5) is 17.4. The molecule has 0 bridgehead atoms. The highest BCUT2D eigenvalue weighted by atomic mass is 32.2. The number of benzene rings is 2. The number of para-hydroxylation sites is 1. The summed E-state index contributed by atoms with van der Waals surface area (Å²) in [5, 5.41) is 15.1. The summed E-state index contributed by atoms with van der Waals surface area (Å²) in [5.74, 6) is -0.0880. The van der Waals surface area contributed by atoms with Crippen LogP contribution in [0.15, 0.2) is 59.8 Å². The van der Waals surface area contributed by atoms with Gasteiger partial charge in [0.2, 0.25) is 11.1 Å². The first-order valence-electron chi connectivity index (χ1n) is 9.95. The van der Waals surface area contributed by atoms with E-state index in [0.29, 0.717) is 5.16 Å². The Bertz CT molecular complexity index is 969. The van der Waals surface area contributed by atoms with E-state index in [1.165, 1.54) is 17.4 Å². The minimum Gasteiger partial charge on any atom is -0.369 e. The Labute approximate surface area is 180 Å². The van der Waals surface area contributed by atoms with Gasteiger partial charge in [0.05, 0.1) is 10.9 Å². The lowest BCUT2D eigenvalue weighted by Crippen LogP contribution is -2.44. The molecular formula is C21H25N7OS. The van der Waals surface area contributed by atoms with Crippen molar-refractivity contribution in [2.75, 3.05) is 43.4 Å². The van der Waals surface area contributed by atoms with Crippen molar-refractivity contribution in [3.8, 4) is 5.69 Å². The molecule has 9 heteroatoms. The zero-order valence-electron chi connectivity index (χ0n) is 17.1. The highest BCUT2D eigenvalue weighted by Crippen LogP contribution is 2.24. The SMILES string of the molecule is C[C@H](Sc1nnnn1-c1ccccc1)C(=O)Nc1ccc(N2CCN(C)CC2)cc1. The number of anilines is 2. The summed E-state index contributed by atoms with van der Waals surface area (Å²) in [6, 6.07) is 17.7. The Hall–Kier alpha value is -2.91. The summed E-state index contributed by atoms with van der Waals surface area (Å²) in [5.41, 5.74) is 2.83. The summed E-state index contributed by atoms with van der Waals surface area (Å²) < 4.78 is 1.64. The Morgan fingerprint density at radius 2 is 1.70 bits per heavy atom. The third-order valence-electron chi connectivity index (χ3n) is 5.10. The molecule has 2 heterocycles. The summed E-state index contributed by atoms with van der Waals surface area (Å²) in [6.07, 6.45) is 0. The van der Waals surface area contributed by atoms with Gasteiger partial charge in [-0.25, -0.2) is 0 Å². The number of thioether (sulfide) groups is 1. The number of nitrogens with zero attached hydrogens (tertiary/aromatic N) is 6. The number of rotatable bonds is 6. The van der Waals surface area contributed by atoms with E-state index in [1.54, 1.807) is 4.68 Å². The predicted molar refractivity (Wildman–Crippen MR) is 119 cm³/mol. The highest BCUT2D eigenvalue weighted by molar-refractivity contribution is 8.00. The molecule has 1 aromatic heterocycles. The minimum absolute atomic E-state index is 0.0880. The first-order chi connectivity index (χ1) is 14.6. The molecule has 1 aliphatic heterocycles. The number of likely N-dealkylation sites (N-methyl/N-ethyl adjacent to an activating group) is 1. The van der Waals surface area contributed by atoms with Crippen LogP contribution >= 0.6 is 11.8 Å². The van der Waals surface area contributed by atoms with Crippen molar-refractivity contribution in [3.05, 3.63) is 54.6 Å². The van der Waals surface area contributed by atoms with Crippen molar-refractivity contribution in [3.63, 3.8) is 0 Å². The van der Waals surface area contributed by atoms with Crippen molar-refractivity contribution in [1.82, 2.24) is 25.1 Å². The molecular weight excluding hydrogens is 398 g/mol. The zero-order chi connectivity index (χ0) is 20.9. The molecule has 0 spiro atoms. The number of amides is 1. The second-order valence-electron chi connectivity index (χ2n) is 7.30. The molecule has 1 aliphatic rings. The standard InChI is InChI=1S/C21H25N7OS/c1-16(30-21-23-24-25-28(21)19-6-4-3-5-7-19)20(29)22-17-8-10-18(11-9-17)27-14-12-26(2)13-15-27/h3-11,16H,12-15H2,1-2H3,(H,22,29)/t16-/m0/s1. The molecule has 8 nitrogen and oxygen atoms in total. The van der Waals surface area contributed by atoms with E-state index in [0.717, 1.165) is 37.6 Å². The lowest BCUT2D eigenvalue weighted by Gasteiger charge is -2.34. The Balaban J connectivity index is 1.36. The number of nitrogens with one attached hydrogen (secondary N) is 1. The average molecular weight is 424 g/mol. The maximum atomic E-state index is 12.7. The van der Waals surface area contributed by atoms with E-state index in [-0.39, 0.29) is 11.2 Å².